The van der Waals surface area contributed by atoms with E-state index in [0.717, 1.165) is 48.3 Å². The predicted octanol–water partition coefficient (Wildman–Crippen LogP) is 9.25. The summed E-state index contributed by atoms with van der Waals surface area (Å²) < 4.78 is 6.00. The molecule has 0 radical (unpaired) electrons. The highest BCUT2D eigenvalue weighted by Crippen LogP contribution is 2.67. The Balaban J connectivity index is 1.25. The van der Waals surface area contributed by atoms with Crippen molar-refractivity contribution in [1.29, 1.82) is 0 Å². The van der Waals surface area contributed by atoms with Gasteiger partial charge >= 0.3 is 5.97 Å². The van der Waals surface area contributed by atoms with Crippen molar-refractivity contribution in [2.45, 2.75) is 111 Å². The standard InChI is InChI=1S/C34H50O2/c1-23(2)10-9-11-24(3)29-16-17-30-28-15-14-26-22-27(36-32(35)25-12-7-6-8-13-25)18-20-33(26,4)31(28)19-21-34(29,30)5/h6-8,12-14,23-24,27-31H,9-11,15-22H2,1-5H3/t24-,27+,28+,29-,30+,31-,33+,34-/m1/s1. The second-order valence-corrected chi connectivity index (χ2v) is 13.9. The Morgan fingerprint density at radius 1 is 0.972 bits per heavy atom. The summed E-state index contributed by atoms with van der Waals surface area (Å²) in [5.41, 5.74) is 3.12. The van der Waals surface area contributed by atoms with Crippen molar-refractivity contribution in [3.63, 3.8) is 0 Å². The van der Waals surface area contributed by atoms with Crippen LogP contribution in [0.5, 0.6) is 0 Å². The second kappa shape index (κ2) is 10.3. The molecule has 0 bridgehead atoms. The number of ether oxygens (including phenoxy) is 1. The van der Waals surface area contributed by atoms with Crippen molar-refractivity contribution in [3.05, 3.63) is 47.5 Å². The van der Waals surface area contributed by atoms with Gasteiger partial charge in [-0.05, 0) is 103 Å². The van der Waals surface area contributed by atoms with E-state index in [4.69, 9.17) is 4.74 Å². The maximum atomic E-state index is 12.7. The van der Waals surface area contributed by atoms with Gasteiger partial charge in [-0.25, -0.2) is 4.79 Å². The Morgan fingerprint density at radius 3 is 2.50 bits per heavy atom. The normalized spacial score (nSPS) is 38.5. The number of rotatable bonds is 7. The Kier molecular flexibility index (Phi) is 7.45. The summed E-state index contributed by atoms with van der Waals surface area (Å²) in [5.74, 6) is 5.03. The van der Waals surface area contributed by atoms with Crippen LogP contribution in [-0.4, -0.2) is 12.1 Å². The van der Waals surface area contributed by atoms with Crippen molar-refractivity contribution in [3.8, 4) is 0 Å². The zero-order valence-electron chi connectivity index (χ0n) is 23.6. The molecule has 198 valence electrons. The number of hydrogen-bond acceptors (Lipinski definition) is 2. The first-order valence-electron chi connectivity index (χ1n) is 15.2. The van der Waals surface area contributed by atoms with Crippen LogP contribution < -0.4 is 0 Å². The van der Waals surface area contributed by atoms with Gasteiger partial charge in [-0.15, -0.1) is 0 Å². The topological polar surface area (TPSA) is 26.3 Å². The number of fused-ring (bicyclic) bond motifs is 5. The predicted molar refractivity (Wildman–Crippen MR) is 149 cm³/mol. The molecular weight excluding hydrogens is 440 g/mol. The lowest BCUT2D eigenvalue weighted by atomic mass is 9.47. The highest BCUT2D eigenvalue weighted by molar-refractivity contribution is 5.89. The summed E-state index contributed by atoms with van der Waals surface area (Å²) in [4.78, 5) is 12.7. The third kappa shape index (κ3) is 4.71. The minimum Gasteiger partial charge on any atom is -0.458 e. The molecule has 0 spiro atoms. The fourth-order valence-corrected chi connectivity index (χ4v) is 9.55. The minimum atomic E-state index is -0.161. The summed E-state index contributed by atoms with van der Waals surface area (Å²) in [6, 6.07) is 9.49. The van der Waals surface area contributed by atoms with E-state index in [1.165, 1.54) is 57.8 Å². The second-order valence-electron chi connectivity index (χ2n) is 13.9. The van der Waals surface area contributed by atoms with Gasteiger partial charge in [0.2, 0.25) is 0 Å². The molecule has 0 heterocycles. The lowest BCUT2D eigenvalue weighted by molar-refractivity contribution is -0.0594. The van der Waals surface area contributed by atoms with Gasteiger partial charge in [-0.1, -0.05) is 83.7 Å². The highest BCUT2D eigenvalue weighted by Gasteiger charge is 2.59. The average Bonchev–Trinajstić information content (AvgIpc) is 3.22. The van der Waals surface area contributed by atoms with Crippen molar-refractivity contribution >= 4 is 5.97 Å². The summed E-state index contributed by atoms with van der Waals surface area (Å²) in [6.07, 6.45) is 17.0. The van der Waals surface area contributed by atoms with Gasteiger partial charge in [0, 0.05) is 6.42 Å². The van der Waals surface area contributed by atoms with Crippen LogP contribution in [-0.2, 0) is 4.74 Å². The number of carbonyl (C=O) groups excluding carboxylic acids is 1. The van der Waals surface area contributed by atoms with E-state index < -0.39 is 0 Å². The van der Waals surface area contributed by atoms with E-state index in [9.17, 15) is 4.79 Å². The SMILES string of the molecule is CC(C)CCC[C@@H](C)[C@H]1CC[C@H]2[C@@H]3CC=C4C[C@@H](OC(=O)c5ccccc5)CC[C@]4(C)[C@@H]3CC[C@]12C. The number of hydrogen-bond donors (Lipinski definition) is 0. The van der Waals surface area contributed by atoms with Crippen LogP contribution >= 0.6 is 0 Å². The molecule has 36 heavy (non-hydrogen) atoms. The average molecular weight is 491 g/mol. The van der Waals surface area contributed by atoms with E-state index in [2.05, 4.69) is 40.7 Å². The molecule has 2 heteroatoms. The number of carbonyl (C=O) groups is 1. The zero-order chi connectivity index (χ0) is 25.5. The van der Waals surface area contributed by atoms with Gasteiger partial charge in [0.15, 0.2) is 0 Å². The van der Waals surface area contributed by atoms with E-state index in [0.29, 0.717) is 16.4 Å². The monoisotopic (exact) mass is 490 g/mol. The molecule has 1 aromatic rings. The minimum absolute atomic E-state index is 0.0324. The molecule has 8 atom stereocenters. The first-order chi connectivity index (χ1) is 17.2. The molecule has 4 aliphatic rings. The number of allylic oxidation sites excluding steroid dienone is 1. The van der Waals surface area contributed by atoms with Crippen LogP contribution in [0.3, 0.4) is 0 Å². The Morgan fingerprint density at radius 2 is 1.75 bits per heavy atom. The van der Waals surface area contributed by atoms with Gasteiger partial charge in [-0.3, -0.25) is 0 Å². The lowest BCUT2D eigenvalue weighted by Crippen LogP contribution is -2.51. The third-order valence-corrected chi connectivity index (χ3v) is 11.5. The molecule has 0 unspecified atom stereocenters. The van der Waals surface area contributed by atoms with Gasteiger partial charge in [-0.2, -0.15) is 0 Å². The molecule has 0 aliphatic heterocycles. The van der Waals surface area contributed by atoms with E-state index in [-0.39, 0.29) is 12.1 Å². The van der Waals surface area contributed by atoms with Gasteiger partial charge in [0.25, 0.3) is 0 Å². The molecule has 1 aromatic carbocycles. The molecule has 2 nitrogen and oxygen atoms in total. The molecular formula is C34H50O2. The van der Waals surface area contributed by atoms with Crippen LogP contribution in [0.25, 0.3) is 0 Å². The molecule has 0 saturated heterocycles. The highest BCUT2D eigenvalue weighted by atomic mass is 16.5. The quantitative estimate of drug-likeness (QED) is 0.281. The van der Waals surface area contributed by atoms with Crippen molar-refractivity contribution in [2.24, 2.45) is 46.3 Å². The Hall–Kier alpha value is -1.57. The van der Waals surface area contributed by atoms with Crippen molar-refractivity contribution in [2.75, 3.05) is 0 Å². The van der Waals surface area contributed by atoms with Crippen molar-refractivity contribution < 1.29 is 9.53 Å². The van der Waals surface area contributed by atoms with Crippen molar-refractivity contribution in [1.82, 2.24) is 0 Å². The summed E-state index contributed by atoms with van der Waals surface area (Å²) in [7, 11) is 0. The maximum absolute atomic E-state index is 12.7. The van der Waals surface area contributed by atoms with Crippen LogP contribution in [0.1, 0.15) is 116 Å². The van der Waals surface area contributed by atoms with Crippen LogP contribution in [0, 0.1) is 46.3 Å². The fraction of sp³-hybridized carbons (Fsp3) is 0.735. The first-order valence-corrected chi connectivity index (χ1v) is 15.2. The van der Waals surface area contributed by atoms with E-state index >= 15 is 0 Å². The Labute approximate surface area is 220 Å². The number of benzene rings is 1. The molecule has 0 aromatic heterocycles. The molecule has 5 rings (SSSR count). The molecule has 0 amide bonds. The van der Waals surface area contributed by atoms with Crippen LogP contribution in [0.2, 0.25) is 0 Å². The summed E-state index contributed by atoms with van der Waals surface area (Å²) >= 11 is 0. The van der Waals surface area contributed by atoms with Crippen LogP contribution in [0.15, 0.2) is 42.0 Å². The first kappa shape index (κ1) is 26.1. The third-order valence-electron chi connectivity index (χ3n) is 11.5. The summed E-state index contributed by atoms with van der Waals surface area (Å²) in [5, 5.41) is 0. The smallest absolute Gasteiger partial charge is 0.338 e. The molecule has 3 saturated carbocycles. The lowest BCUT2D eigenvalue weighted by Gasteiger charge is -2.58. The van der Waals surface area contributed by atoms with Gasteiger partial charge < -0.3 is 4.74 Å². The van der Waals surface area contributed by atoms with Crippen LogP contribution in [0.4, 0.5) is 0 Å². The molecule has 4 aliphatic carbocycles. The maximum Gasteiger partial charge on any atom is 0.338 e. The molecule has 0 N–H and O–H groups in total. The number of esters is 1. The molecule has 3 fully saturated rings. The Bertz CT molecular complexity index is 947. The fourth-order valence-electron chi connectivity index (χ4n) is 9.55. The van der Waals surface area contributed by atoms with Gasteiger partial charge in [0.1, 0.15) is 6.10 Å². The van der Waals surface area contributed by atoms with E-state index in [1.807, 2.05) is 30.3 Å². The van der Waals surface area contributed by atoms with Gasteiger partial charge in [0.05, 0.1) is 5.56 Å². The van der Waals surface area contributed by atoms with E-state index in [1.54, 1.807) is 5.57 Å². The zero-order valence-corrected chi connectivity index (χ0v) is 23.6. The summed E-state index contributed by atoms with van der Waals surface area (Å²) in [6.45, 7) is 12.6. The largest absolute Gasteiger partial charge is 0.458 e.